The fourth-order valence-electron chi connectivity index (χ4n) is 3.48. The van der Waals surface area contributed by atoms with Gasteiger partial charge in [-0.1, -0.05) is 54.6 Å². The number of amides is 1. The van der Waals surface area contributed by atoms with Crippen LogP contribution < -0.4 is 5.32 Å². The third-order valence-electron chi connectivity index (χ3n) is 5.06. The van der Waals surface area contributed by atoms with Gasteiger partial charge < -0.3 is 10.1 Å². The largest absolute Gasteiger partial charge is 0.452 e. The first-order chi connectivity index (χ1) is 14.9. The molecule has 1 amide bonds. The number of benzene rings is 3. The molecule has 0 saturated carbocycles. The van der Waals surface area contributed by atoms with E-state index >= 15 is 0 Å². The number of carbonyl (C=O) groups is 4. The van der Waals surface area contributed by atoms with Crippen molar-refractivity contribution in [3.8, 4) is 0 Å². The normalized spacial score (nSPS) is 13.1. The standard InChI is InChI=1S/C25H19NO5/c1-15(31-22(27)13-16-7-3-2-4-8-16)25(30)26-17-11-12-20-21(14-17)24(29)19-10-6-5-9-18(19)23(20)28/h2-12,14-15H,13H2,1H3,(H,26,30). The van der Waals surface area contributed by atoms with Gasteiger partial charge in [0, 0.05) is 27.9 Å². The minimum Gasteiger partial charge on any atom is -0.452 e. The van der Waals surface area contributed by atoms with Gasteiger partial charge in [-0.2, -0.15) is 0 Å². The minimum absolute atomic E-state index is 0.0628. The Morgan fingerprint density at radius 2 is 1.39 bits per heavy atom. The van der Waals surface area contributed by atoms with Gasteiger partial charge in [-0.15, -0.1) is 0 Å². The highest BCUT2D eigenvalue weighted by molar-refractivity contribution is 6.28. The predicted molar refractivity (Wildman–Crippen MR) is 114 cm³/mol. The van der Waals surface area contributed by atoms with Gasteiger partial charge in [-0.25, -0.2) is 0 Å². The maximum atomic E-state index is 12.8. The van der Waals surface area contributed by atoms with Gasteiger partial charge in [0.25, 0.3) is 5.91 Å². The molecule has 3 aromatic rings. The van der Waals surface area contributed by atoms with Crippen molar-refractivity contribution in [1.29, 1.82) is 0 Å². The van der Waals surface area contributed by atoms with Crippen molar-refractivity contribution in [3.63, 3.8) is 0 Å². The Balaban J connectivity index is 1.45. The van der Waals surface area contributed by atoms with E-state index in [1.54, 1.807) is 42.5 Å². The van der Waals surface area contributed by atoms with Gasteiger partial charge in [0.05, 0.1) is 6.42 Å². The molecule has 6 nitrogen and oxygen atoms in total. The van der Waals surface area contributed by atoms with Crippen LogP contribution in [0.3, 0.4) is 0 Å². The quantitative estimate of drug-likeness (QED) is 0.505. The molecule has 0 radical (unpaired) electrons. The number of nitrogens with one attached hydrogen (secondary N) is 1. The van der Waals surface area contributed by atoms with Crippen LogP contribution in [0, 0.1) is 0 Å². The fourth-order valence-corrected chi connectivity index (χ4v) is 3.48. The second kappa shape index (κ2) is 8.36. The molecule has 1 atom stereocenters. The van der Waals surface area contributed by atoms with Crippen LogP contribution in [0.4, 0.5) is 5.69 Å². The average molecular weight is 413 g/mol. The Hall–Kier alpha value is -4.06. The number of esters is 1. The molecular weight excluding hydrogens is 394 g/mol. The lowest BCUT2D eigenvalue weighted by Crippen LogP contribution is -2.30. The molecule has 1 unspecified atom stereocenters. The third-order valence-corrected chi connectivity index (χ3v) is 5.06. The van der Waals surface area contributed by atoms with E-state index in [0.717, 1.165) is 5.56 Å². The Bertz CT molecular complexity index is 1200. The maximum Gasteiger partial charge on any atom is 0.311 e. The zero-order chi connectivity index (χ0) is 22.0. The molecule has 0 bridgehead atoms. The van der Waals surface area contributed by atoms with Crippen molar-refractivity contribution >= 4 is 29.1 Å². The first kappa shape index (κ1) is 20.2. The molecule has 0 spiro atoms. The van der Waals surface area contributed by atoms with Gasteiger partial charge in [0.1, 0.15) is 0 Å². The summed E-state index contributed by atoms with van der Waals surface area (Å²) in [5, 5.41) is 2.64. The van der Waals surface area contributed by atoms with E-state index in [-0.39, 0.29) is 23.6 Å². The lowest BCUT2D eigenvalue weighted by Gasteiger charge is -2.19. The SMILES string of the molecule is CC(OC(=O)Cc1ccccc1)C(=O)Nc1ccc2c(c1)C(=O)c1ccccc1C2=O. The van der Waals surface area contributed by atoms with E-state index in [9.17, 15) is 19.2 Å². The summed E-state index contributed by atoms with van der Waals surface area (Å²) in [6.07, 6.45) is -0.960. The van der Waals surface area contributed by atoms with E-state index in [2.05, 4.69) is 5.32 Å². The summed E-state index contributed by atoms with van der Waals surface area (Å²) in [5.41, 5.74) is 2.37. The smallest absolute Gasteiger partial charge is 0.311 e. The Morgan fingerprint density at radius 3 is 2.06 bits per heavy atom. The molecule has 1 aliphatic rings. The Kier molecular flexibility index (Phi) is 5.45. The van der Waals surface area contributed by atoms with Crippen LogP contribution in [-0.2, 0) is 20.7 Å². The average Bonchev–Trinajstić information content (AvgIpc) is 2.78. The van der Waals surface area contributed by atoms with Crippen LogP contribution in [0.25, 0.3) is 0 Å². The van der Waals surface area contributed by atoms with E-state index in [1.807, 2.05) is 18.2 Å². The first-order valence-corrected chi connectivity index (χ1v) is 9.81. The molecule has 0 heterocycles. The monoisotopic (exact) mass is 413 g/mol. The van der Waals surface area contributed by atoms with Gasteiger partial charge >= 0.3 is 5.97 Å². The van der Waals surface area contributed by atoms with E-state index in [0.29, 0.717) is 22.4 Å². The summed E-state index contributed by atoms with van der Waals surface area (Å²) < 4.78 is 5.21. The summed E-state index contributed by atoms with van der Waals surface area (Å²) in [6.45, 7) is 1.47. The fraction of sp³-hybridized carbons (Fsp3) is 0.120. The first-order valence-electron chi connectivity index (χ1n) is 9.81. The van der Waals surface area contributed by atoms with Crippen LogP contribution >= 0.6 is 0 Å². The number of fused-ring (bicyclic) bond motifs is 2. The summed E-state index contributed by atoms with van der Waals surface area (Å²) in [6, 6.07) is 20.3. The summed E-state index contributed by atoms with van der Waals surface area (Å²) in [7, 11) is 0. The molecule has 154 valence electrons. The molecule has 6 heteroatoms. The van der Waals surface area contributed by atoms with E-state index < -0.39 is 18.0 Å². The van der Waals surface area contributed by atoms with Crippen molar-refractivity contribution in [2.24, 2.45) is 0 Å². The molecule has 0 aliphatic heterocycles. The minimum atomic E-state index is -1.02. The zero-order valence-corrected chi connectivity index (χ0v) is 16.8. The molecule has 1 N–H and O–H groups in total. The van der Waals surface area contributed by atoms with Crippen molar-refractivity contribution in [3.05, 3.63) is 101 Å². The van der Waals surface area contributed by atoms with Gasteiger partial charge in [-0.3, -0.25) is 19.2 Å². The second-order valence-electron chi connectivity index (χ2n) is 7.25. The van der Waals surface area contributed by atoms with Crippen LogP contribution in [0.5, 0.6) is 0 Å². The topological polar surface area (TPSA) is 89.5 Å². The molecule has 31 heavy (non-hydrogen) atoms. The summed E-state index contributed by atoms with van der Waals surface area (Å²) in [5.74, 6) is -1.55. The lowest BCUT2D eigenvalue weighted by molar-refractivity contribution is -0.152. The second-order valence-corrected chi connectivity index (χ2v) is 7.25. The zero-order valence-electron chi connectivity index (χ0n) is 16.8. The van der Waals surface area contributed by atoms with Crippen molar-refractivity contribution < 1.29 is 23.9 Å². The number of anilines is 1. The van der Waals surface area contributed by atoms with Gasteiger partial charge in [0.2, 0.25) is 0 Å². The molecule has 1 aliphatic carbocycles. The molecule has 0 saturated heterocycles. The predicted octanol–water partition coefficient (Wildman–Crippen LogP) is 3.57. The third kappa shape index (κ3) is 4.14. The lowest BCUT2D eigenvalue weighted by atomic mass is 9.84. The molecule has 4 rings (SSSR count). The Morgan fingerprint density at radius 1 is 0.806 bits per heavy atom. The number of rotatable bonds is 5. The molecule has 0 fully saturated rings. The summed E-state index contributed by atoms with van der Waals surface area (Å²) in [4.78, 5) is 50.0. The summed E-state index contributed by atoms with van der Waals surface area (Å²) >= 11 is 0. The van der Waals surface area contributed by atoms with Crippen LogP contribution in [0.1, 0.15) is 44.3 Å². The number of ketones is 2. The highest BCUT2D eigenvalue weighted by atomic mass is 16.5. The maximum absolute atomic E-state index is 12.8. The number of hydrogen-bond donors (Lipinski definition) is 1. The Labute approximate surface area is 178 Å². The highest BCUT2D eigenvalue weighted by Gasteiger charge is 2.29. The molecular formula is C25H19NO5. The highest BCUT2D eigenvalue weighted by Crippen LogP contribution is 2.29. The number of ether oxygens (including phenoxy) is 1. The molecule has 3 aromatic carbocycles. The van der Waals surface area contributed by atoms with Crippen LogP contribution in [-0.4, -0.2) is 29.5 Å². The van der Waals surface area contributed by atoms with E-state index in [4.69, 9.17) is 4.74 Å². The number of carbonyl (C=O) groups excluding carboxylic acids is 4. The van der Waals surface area contributed by atoms with Crippen molar-refractivity contribution in [2.75, 3.05) is 5.32 Å². The van der Waals surface area contributed by atoms with Crippen molar-refractivity contribution in [1.82, 2.24) is 0 Å². The van der Waals surface area contributed by atoms with E-state index in [1.165, 1.54) is 19.1 Å². The van der Waals surface area contributed by atoms with Gasteiger partial charge in [0.15, 0.2) is 17.7 Å². The van der Waals surface area contributed by atoms with Crippen LogP contribution in [0.15, 0.2) is 72.8 Å². The van der Waals surface area contributed by atoms with Crippen molar-refractivity contribution in [2.45, 2.75) is 19.4 Å². The van der Waals surface area contributed by atoms with Crippen LogP contribution in [0.2, 0.25) is 0 Å². The van der Waals surface area contributed by atoms with Gasteiger partial charge in [-0.05, 0) is 30.7 Å². The number of hydrogen-bond acceptors (Lipinski definition) is 5. The molecule has 0 aromatic heterocycles.